The van der Waals surface area contributed by atoms with E-state index >= 15 is 8.78 Å². The molecule has 2 aromatic heterocycles. The smallest absolute Gasteiger partial charge is 0.227 e. The van der Waals surface area contributed by atoms with E-state index < -0.39 is 11.6 Å². The molecule has 2 amide bonds. The third kappa shape index (κ3) is 3.62. The first-order valence-electron chi connectivity index (χ1n) is 12.1. The molecule has 3 aromatic rings. The van der Waals surface area contributed by atoms with E-state index in [0.29, 0.717) is 50.3 Å². The number of imidazole rings is 1. The Morgan fingerprint density at radius 1 is 1.28 bits per heavy atom. The standard InChI is InChI=1S/C26H26F2N4O4/c1-14-5-6-31-19(10-17-12-30(15(2)33)7-8-35-17)25(29-21(31)9-14)23-18(27)11-20-26(24(23)28)36-13-16-3-4-22(34)32(16)20/h5-6,9,11,16-17H,3-4,7-8,10,12-13H2,1-2H3/t16?,17-/m0/s1. The number of amides is 2. The van der Waals surface area contributed by atoms with Gasteiger partial charge in [0.05, 0.1) is 41.4 Å². The van der Waals surface area contributed by atoms with E-state index in [1.54, 1.807) is 9.30 Å². The molecule has 2 atom stereocenters. The van der Waals surface area contributed by atoms with Crippen molar-refractivity contribution in [3.05, 3.63) is 47.3 Å². The van der Waals surface area contributed by atoms with Gasteiger partial charge in [0.15, 0.2) is 11.6 Å². The molecular formula is C26H26F2N4O4. The first-order chi connectivity index (χ1) is 17.3. The Bertz CT molecular complexity index is 1400. The summed E-state index contributed by atoms with van der Waals surface area (Å²) >= 11 is 0. The number of hydrogen-bond donors (Lipinski definition) is 0. The van der Waals surface area contributed by atoms with Crippen molar-refractivity contribution in [2.24, 2.45) is 0 Å². The van der Waals surface area contributed by atoms with Gasteiger partial charge in [-0.05, 0) is 31.0 Å². The van der Waals surface area contributed by atoms with Crippen molar-refractivity contribution >= 4 is 23.1 Å². The minimum Gasteiger partial charge on any atom is -0.486 e. The van der Waals surface area contributed by atoms with Crippen molar-refractivity contribution in [1.82, 2.24) is 14.3 Å². The number of halogens is 2. The van der Waals surface area contributed by atoms with Crippen LogP contribution in [0.15, 0.2) is 24.4 Å². The van der Waals surface area contributed by atoms with E-state index in [1.807, 2.05) is 25.3 Å². The molecule has 5 heterocycles. The predicted molar refractivity (Wildman–Crippen MR) is 127 cm³/mol. The number of aromatic nitrogens is 2. The molecule has 188 valence electrons. The number of morpholine rings is 1. The molecule has 2 fully saturated rings. The molecule has 0 aliphatic carbocycles. The fraction of sp³-hybridized carbons (Fsp3) is 0.423. The van der Waals surface area contributed by atoms with Gasteiger partial charge in [-0.15, -0.1) is 0 Å². The summed E-state index contributed by atoms with van der Waals surface area (Å²) in [6.45, 7) is 4.86. The summed E-state index contributed by atoms with van der Waals surface area (Å²) < 4.78 is 45.1. The van der Waals surface area contributed by atoms with Crippen LogP contribution in [0.3, 0.4) is 0 Å². The number of benzene rings is 1. The second kappa shape index (κ2) is 8.55. The van der Waals surface area contributed by atoms with Gasteiger partial charge in [0.2, 0.25) is 11.8 Å². The quantitative estimate of drug-likeness (QED) is 0.557. The lowest BCUT2D eigenvalue weighted by atomic mass is 10.0. The molecule has 8 nitrogen and oxygen atoms in total. The van der Waals surface area contributed by atoms with Gasteiger partial charge in [-0.1, -0.05) is 0 Å². The van der Waals surface area contributed by atoms with E-state index in [0.717, 1.165) is 5.56 Å². The molecule has 2 saturated heterocycles. The van der Waals surface area contributed by atoms with Gasteiger partial charge in [-0.25, -0.2) is 13.8 Å². The Morgan fingerprint density at radius 2 is 2.11 bits per heavy atom. The second-order valence-electron chi connectivity index (χ2n) is 9.66. The van der Waals surface area contributed by atoms with E-state index in [9.17, 15) is 9.59 Å². The first kappa shape index (κ1) is 22.9. The lowest BCUT2D eigenvalue weighted by Gasteiger charge is -2.33. The Labute approximate surface area is 206 Å². The fourth-order valence-corrected chi connectivity index (χ4v) is 5.47. The zero-order chi connectivity index (χ0) is 25.1. The van der Waals surface area contributed by atoms with Crippen LogP contribution in [0, 0.1) is 18.6 Å². The molecule has 1 unspecified atom stereocenters. The number of pyridine rings is 1. The normalized spacial score (nSPS) is 21.5. The van der Waals surface area contributed by atoms with Crippen LogP contribution in [0.25, 0.3) is 16.9 Å². The molecule has 3 aliphatic heterocycles. The van der Waals surface area contributed by atoms with Gasteiger partial charge in [-0.2, -0.15) is 0 Å². The van der Waals surface area contributed by atoms with Gasteiger partial charge in [0, 0.05) is 45.1 Å². The van der Waals surface area contributed by atoms with Gasteiger partial charge in [0.1, 0.15) is 18.1 Å². The highest BCUT2D eigenvalue weighted by Crippen LogP contribution is 2.45. The van der Waals surface area contributed by atoms with Gasteiger partial charge >= 0.3 is 0 Å². The van der Waals surface area contributed by atoms with Crippen LogP contribution in [0.4, 0.5) is 14.5 Å². The molecule has 0 bridgehead atoms. The maximum absolute atomic E-state index is 16.0. The molecule has 10 heteroatoms. The van der Waals surface area contributed by atoms with Crippen LogP contribution >= 0.6 is 0 Å². The van der Waals surface area contributed by atoms with Crippen LogP contribution in [-0.4, -0.2) is 64.5 Å². The summed E-state index contributed by atoms with van der Waals surface area (Å²) in [5, 5.41) is 0. The maximum atomic E-state index is 16.0. The van der Waals surface area contributed by atoms with Crippen molar-refractivity contribution in [1.29, 1.82) is 0 Å². The van der Waals surface area contributed by atoms with Crippen LogP contribution < -0.4 is 9.64 Å². The van der Waals surface area contributed by atoms with E-state index in [2.05, 4.69) is 4.98 Å². The molecule has 0 N–H and O–H groups in total. The summed E-state index contributed by atoms with van der Waals surface area (Å²) in [5.74, 6) is -2.03. The number of fused-ring (bicyclic) bond motifs is 4. The molecule has 0 saturated carbocycles. The fourth-order valence-electron chi connectivity index (χ4n) is 5.47. The lowest BCUT2D eigenvalue weighted by molar-refractivity contribution is -0.136. The summed E-state index contributed by atoms with van der Waals surface area (Å²) in [7, 11) is 0. The molecule has 36 heavy (non-hydrogen) atoms. The lowest BCUT2D eigenvalue weighted by Crippen LogP contribution is -2.45. The molecule has 0 spiro atoms. The van der Waals surface area contributed by atoms with Crippen LogP contribution in [0.1, 0.15) is 31.0 Å². The van der Waals surface area contributed by atoms with Gasteiger partial charge < -0.3 is 23.7 Å². The number of nitrogens with zero attached hydrogens (tertiary/aromatic N) is 4. The van der Waals surface area contributed by atoms with Crippen LogP contribution in [0.5, 0.6) is 5.75 Å². The van der Waals surface area contributed by atoms with Crippen LogP contribution in [-0.2, 0) is 20.7 Å². The number of hydrogen-bond acceptors (Lipinski definition) is 5. The maximum Gasteiger partial charge on any atom is 0.227 e. The van der Waals surface area contributed by atoms with Crippen molar-refractivity contribution in [3.8, 4) is 17.0 Å². The summed E-state index contributed by atoms with van der Waals surface area (Å²) in [6.07, 6.45) is 2.68. The van der Waals surface area contributed by atoms with Crippen molar-refractivity contribution in [2.75, 3.05) is 31.2 Å². The van der Waals surface area contributed by atoms with Crippen LogP contribution in [0.2, 0.25) is 0 Å². The third-order valence-corrected chi connectivity index (χ3v) is 7.28. The molecule has 0 radical (unpaired) electrons. The Kier molecular flexibility index (Phi) is 5.44. The highest BCUT2D eigenvalue weighted by Gasteiger charge is 2.40. The SMILES string of the molecule is CC(=O)N1CCO[C@@H](Cc2c(-c3c(F)cc4c(c3F)OCC3CCC(=O)N43)nc3cc(C)ccn23)C1. The topological polar surface area (TPSA) is 76.4 Å². The molecule has 6 rings (SSSR count). The number of carbonyl (C=O) groups excluding carboxylic acids is 2. The number of ether oxygens (including phenoxy) is 2. The summed E-state index contributed by atoms with van der Waals surface area (Å²) in [5.41, 5.74) is 2.06. The third-order valence-electron chi connectivity index (χ3n) is 7.28. The second-order valence-corrected chi connectivity index (χ2v) is 9.66. The first-order valence-corrected chi connectivity index (χ1v) is 12.1. The number of aryl methyl sites for hydroxylation is 1. The minimum atomic E-state index is -0.876. The Hall–Kier alpha value is -3.53. The largest absolute Gasteiger partial charge is 0.486 e. The van der Waals surface area contributed by atoms with Crippen molar-refractivity contribution in [2.45, 2.75) is 45.3 Å². The summed E-state index contributed by atoms with van der Waals surface area (Å²) in [4.78, 5) is 32.1. The summed E-state index contributed by atoms with van der Waals surface area (Å²) in [6, 6.07) is 4.70. The molecular weight excluding hydrogens is 470 g/mol. The zero-order valence-corrected chi connectivity index (χ0v) is 20.1. The van der Waals surface area contributed by atoms with Crippen molar-refractivity contribution < 1.29 is 27.8 Å². The van der Waals surface area contributed by atoms with Crippen molar-refractivity contribution in [3.63, 3.8) is 0 Å². The van der Waals surface area contributed by atoms with E-state index in [4.69, 9.17) is 9.47 Å². The van der Waals surface area contributed by atoms with E-state index in [-0.39, 0.29) is 53.3 Å². The van der Waals surface area contributed by atoms with E-state index in [1.165, 1.54) is 17.9 Å². The monoisotopic (exact) mass is 496 g/mol. The molecule has 3 aliphatic rings. The number of rotatable bonds is 3. The highest BCUT2D eigenvalue weighted by molar-refractivity contribution is 5.98. The Morgan fingerprint density at radius 3 is 2.92 bits per heavy atom. The zero-order valence-electron chi connectivity index (χ0n) is 20.1. The average molecular weight is 497 g/mol. The Balaban J connectivity index is 1.48. The van der Waals surface area contributed by atoms with Gasteiger partial charge in [-0.3, -0.25) is 9.59 Å². The number of carbonyl (C=O) groups is 2. The average Bonchev–Trinajstić information content (AvgIpc) is 3.39. The highest BCUT2D eigenvalue weighted by atomic mass is 19.1. The predicted octanol–water partition coefficient (Wildman–Crippen LogP) is 3.27. The minimum absolute atomic E-state index is 0.0454. The van der Waals surface area contributed by atoms with Gasteiger partial charge in [0.25, 0.3) is 0 Å². The number of anilines is 1. The molecule has 1 aromatic carbocycles.